The van der Waals surface area contributed by atoms with Crippen LogP contribution in [0, 0.1) is 3.70 Å². The van der Waals surface area contributed by atoms with Crippen LogP contribution in [0.1, 0.15) is 19.2 Å². The van der Waals surface area contributed by atoms with E-state index in [2.05, 4.69) is 45.3 Å². The summed E-state index contributed by atoms with van der Waals surface area (Å²) in [4.78, 5) is 4.41. The van der Waals surface area contributed by atoms with E-state index < -0.39 is 0 Å². The van der Waals surface area contributed by atoms with Gasteiger partial charge in [-0.15, -0.1) is 0 Å². The fourth-order valence-electron chi connectivity index (χ4n) is 1.18. The Morgan fingerprint density at radius 2 is 2.31 bits per heavy atom. The molecule has 0 amide bonds. The lowest BCUT2D eigenvalue weighted by molar-refractivity contribution is 0.651. The highest BCUT2D eigenvalue weighted by Crippen LogP contribution is 2.07. The number of hydrogen-bond donors (Lipinski definition) is 2. The average Bonchev–Trinajstić information content (AvgIpc) is 2.33. The Balaban J connectivity index is 0.00000144. The molecule has 4 nitrogen and oxygen atoms in total. The van der Waals surface area contributed by atoms with E-state index in [0.29, 0.717) is 6.54 Å². The number of aromatic nitrogens is 2. The molecule has 0 atom stereocenters. The maximum Gasteiger partial charge on any atom is 0.119 e. The molecular weight excluding hydrogens is 279 g/mol. The molecule has 0 radical (unpaired) electrons. The number of aryl methyl sites for hydroxylation is 1. The number of nitrogens with zero attached hydrogens (tertiary/aromatic N) is 2. The molecule has 0 unspecified atom stereocenters. The second-order valence-electron chi connectivity index (χ2n) is 2.71. The minimum Gasteiger partial charge on any atom is -0.344 e. The van der Waals surface area contributed by atoms with Gasteiger partial charge >= 0.3 is 0 Å². The molecule has 0 aliphatic heterocycles. The summed E-state index contributed by atoms with van der Waals surface area (Å²) in [6.07, 6.45) is 4.24. The summed E-state index contributed by atoms with van der Waals surface area (Å²) in [5.74, 6) is 1.16. The minimum atomic E-state index is 0. The van der Waals surface area contributed by atoms with Crippen molar-refractivity contribution in [3.63, 3.8) is 0 Å². The summed E-state index contributed by atoms with van der Waals surface area (Å²) in [5, 5.41) is 0. The van der Waals surface area contributed by atoms with Crippen molar-refractivity contribution < 1.29 is 0 Å². The molecule has 1 rings (SSSR count). The first kappa shape index (κ1) is 12.9. The number of hydrogen-bond acceptors (Lipinski definition) is 3. The van der Waals surface area contributed by atoms with Crippen LogP contribution in [0.3, 0.4) is 0 Å². The van der Waals surface area contributed by atoms with Crippen molar-refractivity contribution >= 4 is 22.6 Å². The van der Waals surface area contributed by atoms with Gasteiger partial charge in [0.1, 0.15) is 9.53 Å². The molecule has 0 aromatic carbocycles. The van der Waals surface area contributed by atoms with Crippen molar-refractivity contribution in [2.45, 2.75) is 26.3 Å². The van der Waals surface area contributed by atoms with Crippen molar-refractivity contribution in [3.05, 3.63) is 15.7 Å². The first-order valence-electron chi connectivity index (χ1n) is 4.19. The summed E-state index contributed by atoms with van der Waals surface area (Å²) in [6.45, 7) is 3.73. The zero-order valence-corrected chi connectivity index (χ0v) is 10.1. The van der Waals surface area contributed by atoms with Crippen molar-refractivity contribution in [1.82, 2.24) is 15.7 Å². The van der Waals surface area contributed by atoms with Crippen LogP contribution in [0.5, 0.6) is 0 Å². The smallest absolute Gasteiger partial charge is 0.119 e. The van der Waals surface area contributed by atoms with Gasteiger partial charge in [0.05, 0.1) is 0 Å². The topological polar surface area (TPSA) is 78.8 Å². The number of rotatable bonds is 4. The highest BCUT2D eigenvalue weighted by molar-refractivity contribution is 14.1. The highest BCUT2D eigenvalue weighted by Gasteiger charge is 2.03. The van der Waals surface area contributed by atoms with Crippen LogP contribution in [-0.2, 0) is 13.0 Å². The summed E-state index contributed by atoms with van der Waals surface area (Å²) in [7, 11) is 0. The molecule has 0 aliphatic rings. The Bertz CT molecular complexity index is 223. The molecule has 0 aliphatic carbocycles. The van der Waals surface area contributed by atoms with Gasteiger partial charge in [-0.1, -0.05) is 6.92 Å². The van der Waals surface area contributed by atoms with Gasteiger partial charge in [-0.05, 0) is 29.0 Å². The van der Waals surface area contributed by atoms with Gasteiger partial charge in [-0.2, -0.15) is 0 Å². The molecule has 0 bridgehead atoms. The van der Waals surface area contributed by atoms with E-state index in [0.717, 1.165) is 28.9 Å². The Hall–Kier alpha value is -0.140. The van der Waals surface area contributed by atoms with E-state index in [4.69, 9.17) is 5.73 Å². The lowest BCUT2D eigenvalue weighted by atomic mass is 10.3. The van der Waals surface area contributed by atoms with Gasteiger partial charge in [0, 0.05) is 25.7 Å². The van der Waals surface area contributed by atoms with E-state index in [1.54, 1.807) is 0 Å². The number of imidazole rings is 1. The van der Waals surface area contributed by atoms with Crippen LogP contribution in [0.2, 0.25) is 0 Å². The predicted molar refractivity (Wildman–Crippen MR) is 63.0 cm³/mol. The van der Waals surface area contributed by atoms with Crippen molar-refractivity contribution in [2.75, 3.05) is 6.54 Å². The minimum absolute atomic E-state index is 0. The molecule has 1 aromatic rings. The Labute approximate surface area is 92.6 Å². The standard InChI is InChI=1S/C8H14IN3.H3N/c1-2-3-8-11-7(9)6-12(8)5-4-10;/h6H,2-5,10H2,1H3;1H3. The molecule has 1 heterocycles. The lowest BCUT2D eigenvalue weighted by Gasteiger charge is -2.03. The fourth-order valence-corrected chi connectivity index (χ4v) is 1.79. The molecule has 5 N–H and O–H groups in total. The van der Waals surface area contributed by atoms with Crippen molar-refractivity contribution in [3.8, 4) is 0 Å². The fraction of sp³-hybridized carbons (Fsp3) is 0.625. The monoisotopic (exact) mass is 296 g/mol. The molecule has 0 saturated heterocycles. The Kier molecular flexibility index (Phi) is 6.27. The first-order valence-corrected chi connectivity index (χ1v) is 5.27. The first-order chi connectivity index (χ1) is 5.77. The van der Waals surface area contributed by atoms with E-state index in [9.17, 15) is 0 Å². The van der Waals surface area contributed by atoms with E-state index in [1.165, 1.54) is 0 Å². The maximum absolute atomic E-state index is 5.48. The SMILES string of the molecule is CCCc1nc(I)cn1CCN.N. The maximum atomic E-state index is 5.48. The zero-order chi connectivity index (χ0) is 8.97. The van der Waals surface area contributed by atoms with Gasteiger partial charge in [-0.3, -0.25) is 0 Å². The molecule has 0 fully saturated rings. The molecule has 0 spiro atoms. The van der Waals surface area contributed by atoms with Gasteiger partial charge in [0.15, 0.2) is 0 Å². The number of halogens is 1. The molecule has 5 heteroatoms. The molecule has 76 valence electrons. The molecule has 0 saturated carbocycles. The second-order valence-corrected chi connectivity index (χ2v) is 3.82. The average molecular weight is 296 g/mol. The lowest BCUT2D eigenvalue weighted by Crippen LogP contribution is -2.11. The second kappa shape index (κ2) is 6.33. The quantitative estimate of drug-likeness (QED) is 0.828. The van der Waals surface area contributed by atoms with Crippen LogP contribution in [0.25, 0.3) is 0 Å². The Morgan fingerprint density at radius 3 is 2.85 bits per heavy atom. The predicted octanol–water partition coefficient (Wildman–Crippen LogP) is 1.56. The third-order valence-corrected chi connectivity index (χ3v) is 2.19. The van der Waals surface area contributed by atoms with Gasteiger partial charge in [0.25, 0.3) is 0 Å². The summed E-state index contributed by atoms with van der Waals surface area (Å²) < 4.78 is 3.20. The third-order valence-electron chi connectivity index (χ3n) is 1.67. The van der Waals surface area contributed by atoms with Gasteiger partial charge in [-0.25, -0.2) is 4.98 Å². The molecule has 13 heavy (non-hydrogen) atoms. The van der Waals surface area contributed by atoms with Crippen LogP contribution < -0.4 is 11.9 Å². The van der Waals surface area contributed by atoms with Crippen molar-refractivity contribution in [2.24, 2.45) is 5.73 Å². The van der Waals surface area contributed by atoms with Crippen molar-refractivity contribution in [1.29, 1.82) is 0 Å². The zero-order valence-electron chi connectivity index (χ0n) is 7.96. The molecular formula is C8H17IN4. The summed E-state index contributed by atoms with van der Waals surface area (Å²) in [5.41, 5.74) is 5.48. The van der Waals surface area contributed by atoms with E-state index in [-0.39, 0.29) is 6.15 Å². The largest absolute Gasteiger partial charge is 0.344 e. The summed E-state index contributed by atoms with van der Waals surface area (Å²) in [6, 6.07) is 0. The van der Waals surface area contributed by atoms with Gasteiger partial charge < -0.3 is 16.5 Å². The van der Waals surface area contributed by atoms with E-state index >= 15 is 0 Å². The van der Waals surface area contributed by atoms with Crippen LogP contribution in [0.4, 0.5) is 0 Å². The molecule has 1 aromatic heterocycles. The van der Waals surface area contributed by atoms with Gasteiger partial charge in [0.2, 0.25) is 0 Å². The third kappa shape index (κ3) is 3.61. The van der Waals surface area contributed by atoms with Crippen LogP contribution in [-0.4, -0.2) is 16.1 Å². The number of nitrogens with two attached hydrogens (primary N) is 1. The normalized spacial score (nSPS) is 9.77. The Morgan fingerprint density at radius 1 is 1.62 bits per heavy atom. The van der Waals surface area contributed by atoms with Crippen LogP contribution >= 0.6 is 22.6 Å². The van der Waals surface area contributed by atoms with E-state index in [1.807, 2.05) is 0 Å². The highest BCUT2D eigenvalue weighted by atomic mass is 127. The summed E-state index contributed by atoms with van der Waals surface area (Å²) >= 11 is 2.23. The van der Waals surface area contributed by atoms with Crippen LogP contribution in [0.15, 0.2) is 6.20 Å².